The Hall–Kier alpha value is -11.5. The third-order valence-corrected chi connectivity index (χ3v) is 22.6. The summed E-state index contributed by atoms with van der Waals surface area (Å²) in [5.41, 5.74) is 14.8. The van der Waals surface area contributed by atoms with Crippen LogP contribution in [0.25, 0.3) is 128 Å². The molecule has 17 aromatic rings. The summed E-state index contributed by atoms with van der Waals surface area (Å²) in [5.74, 6) is 1.81. The molecule has 0 radical (unpaired) electrons. The van der Waals surface area contributed by atoms with E-state index in [4.69, 9.17) is 15.0 Å². The molecule has 0 spiro atoms. The first-order valence-electron chi connectivity index (χ1n) is 30.0. The molecule has 17 rings (SSSR count). The molecule has 0 fully saturated rings. The number of hydrogen-bond donors (Lipinski definition) is 0. The second-order valence-electron chi connectivity index (χ2n) is 22.7. The fraction of sp³-hybridized carbons (Fsp3) is 0. The zero-order valence-electron chi connectivity index (χ0n) is 47.9. The molecular weight excluding hydrogens is 1090 g/mol. The maximum atomic E-state index is 5.42. The summed E-state index contributed by atoms with van der Waals surface area (Å²) in [6, 6.07) is 119. The highest BCUT2D eigenvalue weighted by atomic mass is 28.3. The first-order chi connectivity index (χ1) is 43.7. The summed E-state index contributed by atoms with van der Waals surface area (Å²) < 4.78 is 7.31. The van der Waals surface area contributed by atoms with Crippen LogP contribution in [0.1, 0.15) is 0 Å². The van der Waals surface area contributed by atoms with Gasteiger partial charge in [0.25, 0.3) is 0 Å². The van der Waals surface area contributed by atoms with Gasteiger partial charge < -0.3 is 13.7 Å². The predicted molar refractivity (Wildman–Crippen MR) is 368 cm³/mol. The number of nitrogens with zero attached hydrogens (tertiary/aromatic N) is 6. The van der Waals surface area contributed by atoms with Crippen molar-refractivity contribution in [1.29, 1.82) is 0 Å². The van der Waals surface area contributed by atoms with Gasteiger partial charge in [-0.1, -0.05) is 249 Å². The van der Waals surface area contributed by atoms with Gasteiger partial charge in [0, 0.05) is 66.1 Å². The fourth-order valence-corrected chi connectivity index (χ4v) is 18.8. The average molecular weight is 1140 g/mol. The van der Waals surface area contributed by atoms with Crippen LogP contribution >= 0.6 is 0 Å². The van der Waals surface area contributed by atoms with Crippen LogP contribution in [0, 0.1) is 0 Å². The first kappa shape index (κ1) is 51.0. The molecule has 0 saturated carbocycles. The van der Waals surface area contributed by atoms with E-state index in [0.29, 0.717) is 17.5 Å². The van der Waals surface area contributed by atoms with Crippen molar-refractivity contribution in [3.63, 3.8) is 0 Å². The second kappa shape index (κ2) is 20.9. The normalized spacial score (nSPS) is 11.9. The van der Waals surface area contributed by atoms with Gasteiger partial charge in [0.1, 0.15) is 0 Å². The third-order valence-electron chi connectivity index (χ3n) is 17.8. The molecule has 0 aliphatic heterocycles. The minimum absolute atomic E-state index is 0.589. The van der Waals surface area contributed by atoms with Crippen LogP contribution < -0.4 is 20.7 Å². The Morgan fingerprint density at radius 1 is 0.205 bits per heavy atom. The lowest BCUT2D eigenvalue weighted by atomic mass is 9.98. The molecule has 0 aliphatic rings. The van der Waals surface area contributed by atoms with E-state index in [-0.39, 0.29) is 0 Å². The molecule has 0 atom stereocenters. The van der Waals surface area contributed by atoms with Crippen LogP contribution in [0.15, 0.2) is 328 Å². The van der Waals surface area contributed by atoms with E-state index >= 15 is 0 Å². The van der Waals surface area contributed by atoms with E-state index in [1.807, 2.05) is 36.4 Å². The van der Waals surface area contributed by atoms with E-state index in [2.05, 4.69) is 305 Å². The SMILES string of the molecule is c1ccc(-c2nc(-c3ccccc3)nc(-c3ccc(-n4c5ccc(-n6c7ccccc7c7ccccc76)cc5c5cc(-n6c7ccccc7c7ccccc76)ccc54)cc3-c3cccc([Si](c4ccccc4)(c4ccccc4)c4ccccc4)c3)n2)cc1. The van der Waals surface area contributed by atoms with Gasteiger partial charge >= 0.3 is 0 Å². The summed E-state index contributed by atoms with van der Waals surface area (Å²) in [7, 11) is -2.98. The minimum Gasteiger partial charge on any atom is -0.309 e. The molecule has 4 heterocycles. The fourth-order valence-electron chi connectivity index (χ4n) is 14.0. The van der Waals surface area contributed by atoms with Crippen LogP contribution in [0.5, 0.6) is 0 Å². The van der Waals surface area contributed by atoms with E-state index in [9.17, 15) is 0 Å². The lowest BCUT2D eigenvalue weighted by molar-refractivity contribution is 1.07. The highest BCUT2D eigenvalue weighted by molar-refractivity contribution is 7.20. The van der Waals surface area contributed by atoms with E-state index in [1.165, 1.54) is 64.4 Å². The highest BCUT2D eigenvalue weighted by Gasteiger charge is 2.41. The summed E-state index contributed by atoms with van der Waals surface area (Å²) in [5, 5.41) is 12.4. The maximum Gasteiger partial charge on any atom is 0.179 e. The molecule has 6 nitrogen and oxygen atoms in total. The van der Waals surface area contributed by atoms with Gasteiger partial charge in [-0.3, -0.25) is 0 Å². The Kier molecular flexibility index (Phi) is 12.1. The quantitative estimate of drug-likeness (QED) is 0.0958. The Labute approximate surface area is 509 Å². The van der Waals surface area contributed by atoms with Crippen molar-refractivity contribution in [2.45, 2.75) is 0 Å². The molecule has 0 N–H and O–H groups in total. The molecule has 7 heteroatoms. The van der Waals surface area contributed by atoms with Crippen LogP contribution in [0.2, 0.25) is 0 Å². The lowest BCUT2D eigenvalue weighted by Gasteiger charge is -2.34. The van der Waals surface area contributed by atoms with E-state index in [1.54, 1.807) is 0 Å². The van der Waals surface area contributed by atoms with Crippen molar-refractivity contribution in [2.24, 2.45) is 0 Å². The van der Waals surface area contributed by atoms with Crippen molar-refractivity contribution >= 4 is 94.2 Å². The average Bonchev–Trinajstić information content (AvgIpc) is 1.41. The molecule has 0 aliphatic carbocycles. The smallest absolute Gasteiger partial charge is 0.179 e. The zero-order chi connectivity index (χ0) is 58.1. The molecular formula is C81H54N6Si. The topological polar surface area (TPSA) is 53.5 Å². The monoisotopic (exact) mass is 1140 g/mol. The van der Waals surface area contributed by atoms with Crippen molar-refractivity contribution in [3.8, 4) is 62.4 Å². The Bertz CT molecular complexity index is 5070. The Morgan fingerprint density at radius 2 is 0.523 bits per heavy atom. The Morgan fingerprint density at radius 3 is 0.943 bits per heavy atom. The number of hydrogen-bond acceptors (Lipinski definition) is 3. The number of benzene rings is 13. The molecule has 0 unspecified atom stereocenters. The van der Waals surface area contributed by atoms with Gasteiger partial charge in [0.05, 0.1) is 33.1 Å². The first-order valence-corrected chi connectivity index (χ1v) is 32.0. The summed E-state index contributed by atoms with van der Waals surface area (Å²) in [6.07, 6.45) is 0. The summed E-state index contributed by atoms with van der Waals surface area (Å²) in [6.45, 7) is 0. The highest BCUT2D eigenvalue weighted by Crippen LogP contribution is 2.42. The summed E-state index contributed by atoms with van der Waals surface area (Å²) >= 11 is 0. The molecule has 0 saturated heterocycles. The van der Waals surface area contributed by atoms with Gasteiger partial charge in [-0.2, -0.15) is 0 Å². The van der Waals surface area contributed by atoms with E-state index < -0.39 is 8.07 Å². The van der Waals surface area contributed by atoms with Crippen LogP contribution in [-0.2, 0) is 0 Å². The molecule has 0 bridgehead atoms. The molecule has 0 amide bonds. The number of fused-ring (bicyclic) bond motifs is 9. The van der Waals surface area contributed by atoms with Gasteiger partial charge in [-0.15, -0.1) is 0 Å². The van der Waals surface area contributed by atoms with Crippen molar-refractivity contribution in [2.75, 3.05) is 0 Å². The second-order valence-corrected chi connectivity index (χ2v) is 26.5. The van der Waals surface area contributed by atoms with Gasteiger partial charge in [-0.25, -0.2) is 15.0 Å². The van der Waals surface area contributed by atoms with E-state index in [0.717, 1.165) is 66.7 Å². The lowest BCUT2D eigenvalue weighted by Crippen LogP contribution is -2.74. The van der Waals surface area contributed by atoms with Gasteiger partial charge in [0.15, 0.2) is 25.5 Å². The third kappa shape index (κ3) is 8.20. The van der Waals surface area contributed by atoms with Crippen LogP contribution in [-0.4, -0.2) is 36.7 Å². The summed E-state index contributed by atoms with van der Waals surface area (Å²) in [4.78, 5) is 16.0. The van der Waals surface area contributed by atoms with Crippen LogP contribution in [0.4, 0.5) is 0 Å². The maximum absolute atomic E-state index is 5.42. The minimum atomic E-state index is -2.98. The van der Waals surface area contributed by atoms with Crippen molar-refractivity contribution in [1.82, 2.24) is 28.7 Å². The number of rotatable bonds is 11. The van der Waals surface area contributed by atoms with Crippen LogP contribution in [0.3, 0.4) is 0 Å². The molecule has 13 aromatic carbocycles. The molecule has 88 heavy (non-hydrogen) atoms. The zero-order valence-corrected chi connectivity index (χ0v) is 48.9. The largest absolute Gasteiger partial charge is 0.309 e. The molecule has 412 valence electrons. The van der Waals surface area contributed by atoms with Crippen molar-refractivity contribution in [3.05, 3.63) is 328 Å². The Balaban J connectivity index is 0.949. The number of para-hydroxylation sites is 4. The standard InChI is InChI=1S/C81H54N6Si/c1-6-25-55(26-7-1)79-82-80(56-27-8-2-9-28-56)84-81(83-79)69-48-45-58(52-70(69)57-29-24-36-64(51-57)88(61-30-10-3-11-31-61,62-32-12-4-13-33-62)63-34-14-5-15-35-63)87-77-49-46-59(85-73-41-20-16-37-65(73)66-38-17-21-42-74(66)85)53-71(77)72-54-60(47-50-78(72)87)86-75-43-22-18-39-67(75)68-40-19-23-44-76(68)86/h1-54H. The van der Waals surface area contributed by atoms with Gasteiger partial charge in [-0.05, 0) is 111 Å². The van der Waals surface area contributed by atoms with Crippen molar-refractivity contribution < 1.29 is 0 Å². The van der Waals surface area contributed by atoms with Gasteiger partial charge in [0.2, 0.25) is 0 Å². The molecule has 4 aromatic heterocycles. The number of aromatic nitrogens is 6. The predicted octanol–water partition coefficient (Wildman–Crippen LogP) is 17.2.